The zero-order chi connectivity index (χ0) is 14.7. The maximum Gasteiger partial charge on any atom is 0.235 e. The lowest BCUT2D eigenvalue weighted by molar-refractivity contribution is -0.121. The minimum atomic E-state index is -3.36. The number of rotatable bonds is 11. The highest BCUT2D eigenvalue weighted by molar-refractivity contribution is 7.89. The van der Waals surface area contributed by atoms with Gasteiger partial charge >= 0.3 is 0 Å². The van der Waals surface area contributed by atoms with E-state index in [4.69, 9.17) is 11.6 Å². The van der Waals surface area contributed by atoms with Gasteiger partial charge in [0, 0.05) is 19.0 Å². The first-order chi connectivity index (χ1) is 8.97. The molecule has 0 aliphatic carbocycles. The Labute approximate surface area is 121 Å². The van der Waals surface area contributed by atoms with Gasteiger partial charge in [0.05, 0.1) is 12.3 Å². The summed E-state index contributed by atoms with van der Waals surface area (Å²) in [6, 6.07) is 0. The summed E-state index contributed by atoms with van der Waals surface area (Å²) in [7, 11) is -3.36. The van der Waals surface area contributed by atoms with Crippen LogP contribution in [0.4, 0.5) is 0 Å². The summed E-state index contributed by atoms with van der Waals surface area (Å²) in [4.78, 5) is 11.6. The molecule has 0 saturated carbocycles. The Balaban J connectivity index is 4.47. The Hall–Kier alpha value is -0.330. The first-order valence-corrected chi connectivity index (χ1v) is 8.92. The van der Waals surface area contributed by atoms with Crippen molar-refractivity contribution in [1.82, 2.24) is 9.62 Å². The molecule has 0 atom stereocenters. The van der Waals surface area contributed by atoms with Crippen molar-refractivity contribution in [1.29, 1.82) is 0 Å². The number of carbonyl (C=O) groups is 1. The summed E-state index contributed by atoms with van der Waals surface area (Å²) < 4.78 is 25.5. The van der Waals surface area contributed by atoms with Crippen molar-refractivity contribution < 1.29 is 13.2 Å². The van der Waals surface area contributed by atoms with Gasteiger partial charge in [0.2, 0.25) is 15.9 Å². The molecule has 0 saturated heterocycles. The third kappa shape index (κ3) is 8.44. The van der Waals surface area contributed by atoms with Crippen LogP contribution in [-0.2, 0) is 14.8 Å². The Kier molecular flexibility index (Phi) is 10.3. The first-order valence-electron chi connectivity index (χ1n) is 6.78. The third-order valence-corrected chi connectivity index (χ3v) is 4.71. The second-order valence-electron chi connectivity index (χ2n) is 4.40. The Morgan fingerprint density at radius 1 is 1.21 bits per heavy atom. The second kappa shape index (κ2) is 10.5. The minimum Gasteiger partial charge on any atom is -0.355 e. The van der Waals surface area contributed by atoms with Crippen molar-refractivity contribution in [2.45, 2.75) is 39.5 Å². The molecule has 0 aromatic carbocycles. The van der Waals surface area contributed by atoms with E-state index in [1.807, 2.05) is 13.8 Å². The van der Waals surface area contributed by atoms with Gasteiger partial charge in [-0.3, -0.25) is 4.79 Å². The molecule has 0 aliphatic heterocycles. The number of nitrogens with zero attached hydrogens (tertiary/aromatic N) is 1. The van der Waals surface area contributed by atoms with E-state index in [1.165, 1.54) is 4.31 Å². The molecule has 5 nitrogen and oxygen atoms in total. The molecule has 0 radical (unpaired) electrons. The van der Waals surface area contributed by atoms with Crippen LogP contribution in [0.15, 0.2) is 0 Å². The van der Waals surface area contributed by atoms with Crippen LogP contribution < -0.4 is 5.32 Å². The van der Waals surface area contributed by atoms with Gasteiger partial charge in [-0.05, 0) is 25.7 Å². The van der Waals surface area contributed by atoms with E-state index in [0.29, 0.717) is 38.2 Å². The minimum absolute atomic E-state index is 0.0563. The van der Waals surface area contributed by atoms with Gasteiger partial charge in [-0.1, -0.05) is 13.8 Å². The lowest BCUT2D eigenvalue weighted by atomic mass is 10.4. The van der Waals surface area contributed by atoms with Gasteiger partial charge in [0.15, 0.2) is 0 Å². The van der Waals surface area contributed by atoms with Gasteiger partial charge in [-0.2, -0.15) is 4.31 Å². The van der Waals surface area contributed by atoms with E-state index in [-0.39, 0.29) is 18.2 Å². The van der Waals surface area contributed by atoms with Crippen LogP contribution in [0.3, 0.4) is 0 Å². The largest absolute Gasteiger partial charge is 0.355 e. The maximum atomic E-state index is 12.1. The Morgan fingerprint density at radius 2 is 1.89 bits per heavy atom. The molecular formula is C12H25ClN2O3S. The summed E-state index contributed by atoms with van der Waals surface area (Å²) in [5, 5.41) is 2.69. The number of alkyl halides is 1. The average Bonchev–Trinajstić information content (AvgIpc) is 2.36. The van der Waals surface area contributed by atoms with Gasteiger partial charge in [0.1, 0.15) is 0 Å². The van der Waals surface area contributed by atoms with Crippen molar-refractivity contribution >= 4 is 27.5 Å². The average molecular weight is 313 g/mol. The normalized spacial score (nSPS) is 11.8. The lowest BCUT2D eigenvalue weighted by Gasteiger charge is -2.21. The quantitative estimate of drug-likeness (QED) is 0.465. The Bertz CT molecular complexity index is 347. The van der Waals surface area contributed by atoms with E-state index in [0.717, 1.165) is 6.42 Å². The van der Waals surface area contributed by atoms with Crippen molar-refractivity contribution in [3.05, 3.63) is 0 Å². The molecule has 0 aromatic heterocycles. The molecule has 1 N–H and O–H groups in total. The van der Waals surface area contributed by atoms with Crippen molar-refractivity contribution in [3.63, 3.8) is 0 Å². The van der Waals surface area contributed by atoms with Crippen LogP contribution in [0.2, 0.25) is 0 Å². The number of carbonyl (C=O) groups excluding carboxylic acids is 1. The molecule has 0 aliphatic rings. The van der Waals surface area contributed by atoms with Crippen LogP contribution in [-0.4, -0.2) is 49.9 Å². The number of hydrogen-bond acceptors (Lipinski definition) is 3. The fourth-order valence-electron chi connectivity index (χ4n) is 1.55. The lowest BCUT2D eigenvalue weighted by Crippen LogP contribution is -2.42. The highest BCUT2D eigenvalue weighted by Crippen LogP contribution is 2.06. The van der Waals surface area contributed by atoms with Gasteiger partial charge < -0.3 is 5.32 Å². The number of hydrogen-bond donors (Lipinski definition) is 1. The third-order valence-electron chi connectivity index (χ3n) is 2.54. The van der Waals surface area contributed by atoms with E-state index in [1.54, 1.807) is 0 Å². The topological polar surface area (TPSA) is 66.5 Å². The van der Waals surface area contributed by atoms with E-state index in [2.05, 4.69) is 5.32 Å². The van der Waals surface area contributed by atoms with E-state index < -0.39 is 10.0 Å². The van der Waals surface area contributed by atoms with E-state index >= 15 is 0 Å². The van der Waals surface area contributed by atoms with Crippen LogP contribution in [0.5, 0.6) is 0 Å². The number of sulfonamides is 1. The summed E-state index contributed by atoms with van der Waals surface area (Å²) in [5.41, 5.74) is 0. The molecule has 0 bridgehead atoms. The number of amides is 1. The number of unbranched alkanes of at least 4 members (excludes halogenated alkanes) is 1. The van der Waals surface area contributed by atoms with Crippen LogP contribution in [0, 0.1) is 0 Å². The number of halogens is 1. The standard InChI is InChI=1S/C12H25ClN2O3S/c1-3-8-14-12(16)11-15(9-4-2)19(17,18)10-6-5-7-13/h3-11H2,1-2H3,(H,14,16). The second-order valence-corrected chi connectivity index (χ2v) is 6.86. The highest BCUT2D eigenvalue weighted by atomic mass is 35.5. The zero-order valence-electron chi connectivity index (χ0n) is 11.8. The van der Waals surface area contributed by atoms with Crippen LogP contribution in [0.1, 0.15) is 39.5 Å². The molecule has 0 spiro atoms. The molecular weight excluding hydrogens is 288 g/mol. The molecule has 114 valence electrons. The predicted octanol–water partition coefficient (Wildman–Crippen LogP) is 1.57. The predicted molar refractivity (Wildman–Crippen MR) is 78.9 cm³/mol. The summed E-state index contributed by atoms with van der Waals surface area (Å²) >= 11 is 5.54. The van der Waals surface area contributed by atoms with E-state index in [9.17, 15) is 13.2 Å². The fraction of sp³-hybridized carbons (Fsp3) is 0.917. The molecule has 0 aromatic rings. The molecule has 0 fully saturated rings. The molecule has 19 heavy (non-hydrogen) atoms. The smallest absolute Gasteiger partial charge is 0.235 e. The zero-order valence-corrected chi connectivity index (χ0v) is 13.4. The molecule has 1 amide bonds. The number of nitrogens with one attached hydrogen (secondary N) is 1. The maximum absolute atomic E-state index is 12.1. The van der Waals surface area contributed by atoms with Gasteiger partial charge in [-0.25, -0.2) is 8.42 Å². The molecule has 0 heterocycles. The van der Waals surface area contributed by atoms with Crippen LogP contribution >= 0.6 is 11.6 Å². The monoisotopic (exact) mass is 312 g/mol. The Morgan fingerprint density at radius 3 is 2.42 bits per heavy atom. The first kappa shape index (κ1) is 18.7. The molecule has 0 rings (SSSR count). The summed E-state index contributed by atoms with van der Waals surface area (Å²) in [6.45, 7) is 4.71. The van der Waals surface area contributed by atoms with Gasteiger partial charge in [0.25, 0.3) is 0 Å². The summed E-state index contributed by atoms with van der Waals surface area (Å²) in [6.07, 6.45) is 2.73. The van der Waals surface area contributed by atoms with Crippen molar-refractivity contribution in [3.8, 4) is 0 Å². The van der Waals surface area contributed by atoms with Crippen molar-refractivity contribution in [2.75, 3.05) is 31.3 Å². The van der Waals surface area contributed by atoms with Crippen molar-refractivity contribution in [2.24, 2.45) is 0 Å². The van der Waals surface area contributed by atoms with Gasteiger partial charge in [-0.15, -0.1) is 11.6 Å². The van der Waals surface area contributed by atoms with Crippen LogP contribution in [0.25, 0.3) is 0 Å². The molecule has 0 unspecified atom stereocenters. The highest BCUT2D eigenvalue weighted by Gasteiger charge is 2.23. The fourth-order valence-corrected chi connectivity index (χ4v) is 3.35. The molecule has 7 heteroatoms. The SMILES string of the molecule is CCCNC(=O)CN(CCC)S(=O)(=O)CCCCCl. The summed E-state index contributed by atoms with van der Waals surface area (Å²) in [5.74, 6) is 0.275.